The van der Waals surface area contributed by atoms with Crippen LogP contribution in [-0.4, -0.2) is 51.1 Å². The highest BCUT2D eigenvalue weighted by Gasteiger charge is 2.47. The Morgan fingerprint density at radius 2 is 1.90 bits per heavy atom. The lowest BCUT2D eigenvalue weighted by Crippen LogP contribution is -2.35. The van der Waals surface area contributed by atoms with E-state index in [-0.39, 0.29) is 24.4 Å². The molecule has 0 bridgehead atoms. The van der Waals surface area contributed by atoms with Gasteiger partial charge in [-0.15, -0.1) is 22.6 Å². The molecule has 3 atom stereocenters. The summed E-state index contributed by atoms with van der Waals surface area (Å²) in [6, 6.07) is 16.0. The van der Waals surface area contributed by atoms with E-state index in [1.807, 2.05) is 24.3 Å². The molecule has 2 aromatic carbocycles. The van der Waals surface area contributed by atoms with Crippen molar-refractivity contribution in [1.29, 1.82) is 0 Å². The van der Waals surface area contributed by atoms with E-state index in [0.29, 0.717) is 28.8 Å². The summed E-state index contributed by atoms with van der Waals surface area (Å²) in [5.41, 5.74) is 3.80. The number of tetrazole rings is 1. The second-order valence-electron chi connectivity index (χ2n) is 7.62. The van der Waals surface area contributed by atoms with Gasteiger partial charge in [-0.1, -0.05) is 42.5 Å². The number of rotatable bonds is 3. The molecule has 150 valence electrons. The molecule has 2 aliphatic rings. The molecule has 0 unspecified atom stereocenters. The zero-order valence-corrected chi connectivity index (χ0v) is 16.9. The number of hydrogen-bond acceptors (Lipinski definition) is 5. The van der Waals surface area contributed by atoms with Crippen LogP contribution in [0.5, 0.6) is 0 Å². The molecule has 29 heavy (non-hydrogen) atoms. The van der Waals surface area contributed by atoms with E-state index >= 15 is 0 Å². The summed E-state index contributed by atoms with van der Waals surface area (Å²) in [5, 5.41) is 17.8. The van der Waals surface area contributed by atoms with Crippen molar-refractivity contribution < 1.29 is 4.79 Å². The molecular weight excluding hydrogens is 388 g/mol. The second-order valence-corrected chi connectivity index (χ2v) is 7.62. The fraction of sp³-hybridized carbons (Fsp3) is 0.333. The molecule has 5 rings (SSSR count). The van der Waals surface area contributed by atoms with Gasteiger partial charge in [-0.25, -0.2) is 0 Å². The Balaban J connectivity index is 0.00000205. The van der Waals surface area contributed by atoms with Crippen molar-refractivity contribution in [2.45, 2.75) is 13.0 Å². The van der Waals surface area contributed by atoms with E-state index in [1.165, 1.54) is 11.1 Å². The number of nitrogens with zero attached hydrogens (tertiary/aromatic N) is 4. The van der Waals surface area contributed by atoms with Crippen molar-refractivity contribution >= 4 is 18.3 Å². The Bertz CT molecular complexity index is 1010. The summed E-state index contributed by atoms with van der Waals surface area (Å²) in [6.45, 7) is 4.79. The number of fused-ring (bicyclic) bond motifs is 1. The first-order chi connectivity index (χ1) is 13.7. The molecule has 0 saturated carbocycles. The smallest absolute Gasteiger partial charge is 0.255 e. The molecule has 1 aromatic heterocycles. The molecule has 8 heteroatoms. The van der Waals surface area contributed by atoms with Crippen molar-refractivity contribution in [2.75, 3.05) is 19.6 Å². The minimum Gasteiger partial charge on any atom is -0.331 e. The van der Waals surface area contributed by atoms with Crippen LogP contribution in [0.4, 0.5) is 0 Å². The molecular formula is C21H23ClN6O. The van der Waals surface area contributed by atoms with Crippen LogP contribution in [0.2, 0.25) is 0 Å². The molecule has 2 saturated heterocycles. The van der Waals surface area contributed by atoms with E-state index in [0.717, 1.165) is 19.6 Å². The number of aromatic amines is 1. The summed E-state index contributed by atoms with van der Waals surface area (Å²) < 4.78 is 0. The van der Waals surface area contributed by atoms with Gasteiger partial charge in [-0.2, -0.15) is 5.21 Å². The summed E-state index contributed by atoms with van der Waals surface area (Å²) in [7, 11) is 0. The normalized spacial score (nSPS) is 22.9. The van der Waals surface area contributed by atoms with Crippen molar-refractivity contribution in [1.82, 2.24) is 30.8 Å². The first-order valence-corrected chi connectivity index (χ1v) is 9.64. The number of aromatic nitrogens is 4. The largest absolute Gasteiger partial charge is 0.331 e. The van der Waals surface area contributed by atoms with Gasteiger partial charge in [0, 0.05) is 31.1 Å². The Morgan fingerprint density at radius 1 is 1.10 bits per heavy atom. The fourth-order valence-corrected chi connectivity index (χ4v) is 4.74. The minimum absolute atomic E-state index is 0. The van der Waals surface area contributed by atoms with Crippen LogP contribution in [0.1, 0.15) is 27.5 Å². The van der Waals surface area contributed by atoms with Crippen molar-refractivity contribution in [2.24, 2.45) is 11.8 Å². The van der Waals surface area contributed by atoms with Gasteiger partial charge in [-0.05, 0) is 35.2 Å². The van der Waals surface area contributed by atoms with Crippen LogP contribution in [0.3, 0.4) is 0 Å². The molecule has 3 aromatic rings. The molecule has 2 fully saturated rings. The highest BCUT2D eigenvalue weighted by molar-refractivity contribution is 6.00. The van der Waals surface area contributed by atoms with Gasteiger partial charge in [0.1, 0.15) is 0 Å². The fourth-order valence-electron chi connectivity index (χ4n) is 4.74. The zero-order chi connectivity index (χ0) is 19.1. The highest BCUT2D eigenvalue weighted by Crippen LogP contribution is 2.44. The lowest BCUT2D eigenvalue weighted by atomic mass is 9.87. The number of hydrogen-bond donors (Lipinski definition) is 2. The minimum atomic E-state index is 0. The lowest BCUT2D eigenvalue weighted by molar-refractivity contribution is 0.0714. The molecule has 0 spiro atoms. The standard InChI is InChI=1S/C21H22N6O.ClH/c1-13-6-2-3-7-15(13)19-18-11-22-10-14(18)12-27(19)21(28)17-9-5-4-8-16(17)20-23-25-26-24-20;/h2-9,14,18-19,22H,10-12H2,1H3,(H,23,24,25,26);1H/t14-,18-,19+;/m0./s1. The Morgan fingerprint density at radius 3 is 2.69 bits per heavy atom. The molecule has 7 nitrogen and oxygen atoms in total. The van der Waals surface area contributed by atoms with Crippen LogP contribution in [-0.2, 0) is 0 Å². The Hall–Kier alpha value is -2.77. The van der Waals surface area contributed by atoms with Crippen LogP contribution < -0.4 is 5.32 Å². The van der Waals surface area contributed by atoms with E-state index in [9.17, 15) is 4.79 Å². The number of halogens is 1. The van der Waals surface area contributed by atoms with E-state index in [2.05, 4.69) is 62.0 Å². The van der Waals surface area contributed by atoms with E-state index < -0.39 is 0 Å². The zero-order valence-electron chi connectivity index (χ0n) is 16.1. The van der Waals surface area contributed by atoms with Gasteiger partial charge in [0.2, 0.25) is 5.82 Å². The number of carbonyl (C=O) groups is 1. The molecule has 0 radical (unpaired) electrons. The Labute approximate surface area is 175 Å². The number of likely N-dealkylation sites (tertiary alicyclic amines) is 1. The second kappa shape index (κ2) is 7.93. The number of nitrogens with one attached hydrogen (secondary N) is 2. The third kappa shape index (κ3) is 3.30. The van der Waals surface area contributed by atoms with Crippen molar-refractivity contribution in [3.8, 4) is 11.4 Å². The van der Waals surface area contributed by atoms with Gasteiger partial charge in [0.25, 0.3) is 5.91 Å². The lowest BCUT2D eigenvalue weighted by Gasteiger charge is -2.30. The van der Waals surface area contributed by atoms with Gasteiger partial charge < -0.3 is 10.2 Å². The average Bonchev–Trinajstić information content (AvgIpc) is 3.45. The Kier molecular flexibility index (Phi) is 5.34. The maximum absolute atomic E-state index is 13.7. The first kappa shape index (κ1) is 19.5. The number of aryl methyl sites for hydroxylation is 1. The van der Waals surface area contributed by atoms with Crippen LogP contribution >= 0.6 is 12.4 Å². The molecule has 2 aliphatic heterocycles. The molecule has 1 amide bonds. The summed E-state index contributed by atoms with van der Waals surface area (Å²) in [6.07, 6.45) is 0. The first-order valence-electron chi connectivity index (χ1n) is 9.64. The third-order valence-corrected chi connectivity index (χ3v) is 6.08. The quantitative estimate of drug-likeness (QED) is 0.693. The van der Waals surface area contributed by atoms with Crippen LogP contribution in [0.15, 0.2) is 48.5 Å². The molecule has 3 heterocycles. The predicted molar refractivity (Wildman–Crippen MR) is 112 cm³/mol. The van der Waals surface area contributed by atoms with Crippen LogP contribution in [0, 0.1) is 18.8 Å². The van der Waals surface area contributed by atoms with Crippen LogP contribution in [0.25, 0.3) is 11.4 Å². The van der Waals surface area contributed by atoms with Gasteiger partial charge in [-0.3, -0.25) is 4.79 Å². The van der Waals surface area contributed by atoms with E-state index in [4.69, 9.17) is 0 Å². The van der Waals surface area contributed by atoms with Crippen molar-refractivity contribution in [3.05, 3.63) is 65.2 Å². The number of H-pyrrole nitrogens is 1. The monoisotopic (exact) mass is 410 g/mol. The molecule has 0 aliphatic carbocycles. The van der Waals surface area contributed by atoms with Crippen molar-refractivity contribution in [3.63, 3.8) is 0 Å². The summed E-state index contributed by atoms with van der Waals surface area (Å²) >= 11 is 0. The van der Waals surface area contributed by atoms with Gasteiger partial charge in [0.05, 0.1) is 11.6 Å². The third-order valence-electron chi connectivity index (χ3n) is 6.08. The topological polar surface area (TPSA) is 86.8 Å². The SMILES string of the molecule is Cc1ccccc1[C@@H]1[C@H]2CNC[C@H]2CN1C(=O)c1ccccc1-c1nn[nH]n1.Cl. The number of carbonyl (C=O) groups excluding carboxylic acids is 1. The average molecular weight is 411 g/mol. The number of amides is 1. The summed E-state index contributed by atoms with van der Waals surface area (Å²) in [5.74, 6) is 1.38. The van der Waals surface area contributed by atoms with E-state index in [1.54, 1.807) is 0 Å². The maximum atomic E-state index is 13.7. The van der Waals surface area contributed by atoms with Gasteiger partial charge >= 0.3 is 0 Å². The highest BCUT2D eigenvalue weighted by atomic mass is 35.5. The molecule has 2 N–H and O–H groups in total. The number of benzene rings is 2. The van der Waals surface area contributed by atoms with Gasteiger partial charge in [0.15, 0.2) is 0 Å². The summed E-state index contributed by atoms with van der Waals surface area (Å²) in [4.78, 5) is 15.8. The predicted octanol–water partition coefficient (Wildman–Crippen LogP) is 2.63. The maximum Gasteiger partial charge on any atom is 0.255 e.